The van der Waals surface area contributed by atoms with Crippen molar-refractivity contribution in [2.75, 3.05) is 12.9 Å². The molecule has 0 spiro atoms. The van der Waals surface area contributed by atoms with Crippen LogP contribution < -0.4 is 10.5 Å². The predicted octanol–water partition coefficient (Wildman–Crippen LogP) is 2.88. The van der Waals surface area contributed by atoms with Crippen molar-refractivity contribution in [1.82, 2.24) is 4.98 Å². The van der Waals surface area contributed by atoms with E-state index in [-0.39, 0.29) is 6.04 Å². The molecule has 0 bridgehead atoms. The highest BCUT2D eigenvalue weighted by Crippen LogP contribution is 2.28. The van der Waals surface area contributed by atoms with Gasteiger partial charge in [0.15, 0.2) is 0 Å². The van der Waals surface area contributed by atoms with Crippen molar-refractivity contribution in [1.29, 1.82) is 0 Å². The summed E-state index contributed by atoms with van der Waals surface area (Å²) in [7, 11) is 1.67. The lowest BCUT2D eigenvalue weighted by Crippen LogP contribution is -2.14. The van der Waals surface area contributed by atoms with Gasteiger partial charge in [-0.05, 0) is 18.2 Å². The molecule has 2 rings (SSSR count). The second kappa shape index (κ2) is 6.42. The smallest absolute Gasteiger partial charge is 0.123 e. The third kappa shape index (κ3) is 3.24. The monoisotopic (exact) mass is 260 g/mol. The highest BCUT2D eigenvalue weighted by atomic mass is 32.2. The Hall–Kier alpha value is -1.52. The molecule has 2 N–H and O–H groups in total. The number of nitrogens with zero attached hydrogens (tertiary/aromatic N) is 1. The molecule has 1 unspecified atom stereocenters. The predicted molar refractivity (Wildman–Crippen MR) is 74.9 cm³/mol. The first-order valence-corrected chi connectivity index (χ1v) is 6.71. The van der Waals surface area contributed by atoms with Gasteiger partial charge in [-0.25, -0.2) is 0 Å². The molecular formula is C14H16N2OS. The average Bonchev–Trinajstić information content (AvgIpc) is 2.45. The van der Waals surface area contributed by atoms with E-state index < -0.39 is 0 Å². The van der Waals surface area contributed by atoms with Crippen LogP contribution in [0.2, 0.25) is 0 Å². The van der Waals surface area contributed by atoms with E-state index in [9.17, 15) is 0 Å². The first kappa shape index (κ1) is 12.9. The Morgan fingerprint density at radius 3 is 2.67 bits per heavy atom. The standard InChI is InChI=1S/C14H16N2OS/c1-17-14-5-3-2-4-12(14)13(15)10-18-11-6-8-16-9-7-11/h2-9,13H,10,15H2,1H3. The fraction of sp³-hybridized carbons (Fsp3) is 0.214. The van der Waals surface area contributed by atoms with E-state index in [4.69, 9.17) is 10.5 Å². The highest BCUT2D eigenvalue weighted by molar-refractivity contribution is 7.99. The summed E-state index contributed by atoms with van der Waals surface area (Å²) in [6, 6.07) is 11.8. The largest absolute Gasteiger partial charge is 0.496 e. The van der Waals surface area contributed by atoms with E-state index in [2.05, 4.69) is 4.98 Å². The van der Waals surface area contributed by atoms with Crippen molar-refractivity contribution < 1.29 is 4.74 Å². The van der Waals surface area contributed by atoms with Crippen LogP contribution in [0.3, 0.4) is 0 Å². The molecule has 0 aliphatic carbocycles. The van der Waals surface area contributed by atoms with Gasteiger partial charge in [0.05, 0.1) is 7.11 Å². The molecule has 1 atom stereocenters. The zero-order chi connectivity index (χ0) is 12.8. The molecule has 0 fully saturated rings. The fourth-order valence-corrected chi connectivity index (χ4v) is 2.55. The van der Waals surface area contributed by atoms with Crippen LogP contribution in [-0.2, 0) is 0 Å². The second-order valence-electron chi connectivity index (χ2n) is 3.84. The molecule has 0 amide bonds. The van der Waals surface area contributed by atoms with Gasteiger partial charge in [-0.15, -0.1) is 11.8 Å². The lowest BCUT2D eigenvalue weighted by Gasteiger charge is -2.15. The first-order chi connectivity index (χ1) is 8.81. The van der Waals surface area contributed by atoms with Gasteiger partial charge in [0.1, 0.15) is 5.75 Å². The van der Waals surface area contributed by atoms with Crippen LogP contribution in [-0.4, -0.2) is 17.8 Å². The van der Waals surface area contributed by atoms with E-state index in [0.717, 1.165) is 17.1 Å². The van der Waals surface area contributed by atoms with E-state index in [1.165, 1.54) is 4.90 Å². The van der Waals surface area contributed by atoms with E-state index in [0.29, 0.717) is 0 Å². The minimum atomic E-state index is -0.0423. The third-order valence-corrected chi connectivity index (χ3v) is 3.75. The minimum absolute atomic E-state index is 0.0423. The summed E-state index contributed by atoms with van der Waals surface area (Å²) < 4.78 is 5.32. The maximum absolute atomic E-state index is 6.20. The summed E-state index contributed by atoms with van der Waals surface area (Å²) in [5.74, 6) is 1.66. The maximum Gasteiger partial charge on any atom is 0.123 e. The van der Waals surface area contributed by atoms with Gasteiger partial charge in [0.2, 0.25) is 0 Å². The summed E-state index contributed by atoms with van der Waals surface area (Å²) >= 11 is 1.72. The van der Waals surface area contributed by atoms with Crippen LogP contribution in [0.4, 0.5) is 0 Å². The lowest BCUT2D eigenvalue weighted by molar-refractivity contribution is 0.407. The van der Waals surface area contributed by atoms with Crippen LogP contribution in [0.1, 0.15) is 11.6 Å². The van der Waals surface area contributed by atoms with Crippen molar-refractivity contribution in [3.05, 3.63) is 54.4 Å². The van der Waals surface area contributed by atoms with Gasteiger partial charge < -0.3 is 10.5 Å². The first-order valence-electron chi connectivity index (χ1n) is 5.72. The van der Waals surface area contributed by atoms with Crippen molar-refractivity contribution in [2.45, 2.75) is 10.9 Å². The second-order valence-corrected chi connectivity index (χ2v) is 4.94. The summed E-state index contributed by atoms with van der Waals surface area (Å²) in [5.41, 5.74) is 7.25. The van der Waals surface area contributed by atoms with Gasteiger partial charge in [0.25, 0.3) is 0 Å². The zero-order valence-electron chi connectivity index (χ0n) is 10.2. The molecule has 0 aliphatic rings. The topological polar surface area (TPSA) is 48.1 Å². The number of hydrogen-bond donors (Lipinski definition) is 1. The summed E-state index contributed by atoms with van der Waals surface area (Å²) in [6.45, 7) is 0. The number of benzene rings is 1. The maximum atomic E-state index is 6.20. The highest BCUT2D eigenvalue weighted by Gasteiger charge is 2.11. The molecule has 1 heterocycles. The number of methoxy groups -OCH3 is 1. The Morgan fingerprint density at radius 2 is 1.94 bits per heavy atom. The summed E-state index contributed by atoms with van der Waals surface area (Å²) in [6.07, 6.45) is 3.58. The number of para-hydroxylation sites is 1. The summed E-state index contributed by atoms with van der Waals surface area (Å²) in [4.78, 5) is 5.17. The molecule has 0 radical (unpaired) electrons. The minimum Gasteiger partial charge on any atom is -0.496 e. The van der Waals surface area contributed by atoms with Crippen LogP contribution in [0, 0.1) is 0 Å². The van der Waals surface area contributed by atoms with Crippen molar-refractivity contribution >= 4 is 11.8 Å². The molecule has 0 aliphatic heterocycles. The number of pyridine rings is 1. The quantitative estimate of drug-likeness (QED) is 0.840. The van der Waals surface area contributed by atoms with Crippen LogP contribution >= 0.6 is 11.8 Å². The van der Waals surface area contributed by atoms with Crippen LogP contribution in [0.5, 0.6) is 5.75 Å². The number of nitrogens with two attached hydrogens (primary N) is 1. The molecule has 4 heteroatoms. The Morgan fingerprint density at radius 1 is 1.22 bits per heavy atom. The molecule has 0 saturated carbocycles. The lowest BCUT2D eigenvalue weighted by atomic mass is 10.1. The van der Waals surface area contributed by atoms with Gasteiger partial charge in [-0.1, -0.05) is 18.2 Å². The number of rotatable bonds is 5. The Bertz CT molecular complexity index is 490. The van der Waals surface area contributed by atoms with Gasteiger partial charge >= 0.3 is 0 Å². The van der Waals surface area contributed by atoms with Gasteiger partial charge in [-0.3, -0.25) is 4.98 Å². The third-order valence-electron chi connectivity index (χ3n) is 2.62. The fourth-order valence-electron chi connectivity index (χ4n) is 1.68. The zero-order valence-corrected chi connectivity index (χ0v) is 11.1. The van der Waals surface area contributed by atoms with Crippen molar-refractivity contribution in [2.24, 2.45) is 5.73 Å². The molecule has 1 aromatic heterocycles. The Balaban J connectivity index is 2.01. The van der Waals surface area contributed by atoms with Crippen LogP contribution in [0.15, 0.2) is 53.7 Å². The number of thioether (sulfide) groups is 1. The van der Waals surface area contributed by atoms with Crippen molar-refractivity contribution in [3.63, 3.8) is 0 Å². The van der Waals surface area contributed by atoms with E-state index in [1.807, 2.05) is 36.4 Å². The average molecular weight is 260 g/mol. The Labute approximate surface area is 111 Å². The molecule has 3 nitrogen and oxygen atoms in total. The molecule has 94 valence electrons. The summed E-state index contributed by atoms with van der Waals surface area (Å²) in [5, 5.41) is 0. The molecule has 18 heavy (non-hydrogen) atoms. The van der Waals surface area contributed by atoms with E-state index >= 15 is 0 Å². The number of aromatic nitrogens is 1. The number of hydrogen-bond acceptors (Lipinski definition) is 4. The van der Waals surface area contributed by atoms with Crippen LogP contribution in [0.25, 0.3) is 0 Å². The van der Waals surface area contributed by atoms with Gasteiger partial charge in [-0.2, -0.15) is 0 Å². The normalized spacial score (nSPS) is 12.1. The number of ether oxygens (including phenoxy) is 1. The molecule has 2 aromatic rings. The molecular weight excluding hydrogens is 244 g/mol. The van der Waals surface area contributed by atoms with E-state index in [1.54, 1.807) is 31.3 Å². The SMILES string of the molecule is COc1ccccc1C(N)CSc1ccncc1. The Kier molecular flexibility index (Phi) is 4.61. The van der Waals surface area contributed by atoms with Crippen molar-refractivity contribution in [3.8, 4) is 5.75 Å². The molecule has 1 aromatic carbocycles. The van der Waals surface area contributed by atoms with Gasteiger partial charge in [0, 0.05) is 34.6 Å². The molecule has 0 saturated heterocycles.